The third kappa shape index (κ3) is 3.45. The van der Waals surface area contributed by atoms with E-state index in [2.05, 4.69) is 10.8 Å². The Morgan fingerprint density at radius 2 is 2.07 bits per heavy atom. The molecule has 1 aliphatic rings. The van der Waals surface area contributed by atoms with Crippen molar-refractivity contribution in [1.82, 2.24) is 4.72 Å². The van der Waals surface area contributed by atoms with E-state index < -0.39 is 15.6 Å². The molecule has 6 heteroatoms. The number of nitriles is 1. The predicted octanol–water partition coefficient (Wildman–Crippen LogP) is 0.389. The molecule has 0 aliphatic carbocycles. The van der Waals surface area contributed by atoms with Gasteiger partial charge in [0, 0.05) is 26.1 Å². The van der Waals surface area contributed by atoms with Crippen molar-refractivity contribution >= 4 is 10.0 Å². The van der Waals surface area contributed by atoms with Crippen LogP contribution in [0.2, 0.25) is 0 Å². The highest BCUT2D eigenvalue weighted by atomic mass is 32.2. The van der Waals surface area contributed by atoms with E-state index in [0.29, 0.717) is 32.5 Å². The van der Waals surface area contributed by atoms with Gasteiger partial charge in [0.15, 0.2) is 0 Å². The first-order valence-corrected chi connectivity index (χ1v) is 6.69. The number of ether oxygens (including phenoxy) is 1. The lowest BCUT2D eigenvalue weighted by Gasteiger charge is -2.31. The molecule has 0 saturated carbocycles. The van der Waals surface area contributed by atoms with Crippen LogP contribution in [0.5, 0.6) is 0 Å². The van der Waals surface area contributed by atoms with E-state index in [4.69, 9.17) is 10.00 Å². The number of nitrogens with zero attached hydrogens (tertiary/aromatic N) is 1. The third-order valence-electron chi connectivity index (χ3n) is 2.38. The van der Waals surface area contributed by atoms with Gasteiger partial charge in [-0.05, 0) is 6.42 Å². The van der Waals surface area contributed by atoms with Crippen LogP contribution in [0.3, 0.4) is 0 Å². The Labute approximate surface area is 90.5 Å². The van der Waals surface area contributed by atoms with Crippen molar-refractivity contribution in [3.05, 3.63) is 0 Å². The molecule has 0 radical (unpaired) electrons. The number of hydrogen-bond donors (Lipinski definition) is 1. The number of rotatable bonds is 4. The first-order valence-electron chi connectivity index (χ1n) is 5.04. The van der Waals surface area contributed by atoms with Crippen LogP contribution >= 0.6 is 0 Å². The monoisotopic (exact) mass is 232 g/mol. The topological polar surface area (TPSA) is 79.2 Å². The fourth-order valence-electron chi connectivity index (χ4n) is 1.57. The van der Waals surface area contributed by atoms with Crippen LogP contribution < -0.4 is 4.72 Å². The SMILES string of the molecule is CCCS(=O)(=O)NC1(C#N)CCOCC1. The number of nitrogens with one attached hydrogen (secondary N) is 1. The second-order valence-corrected chi connectivity index (χ2v) is 5.57. The Kier molecular flexibility index (Phi) is 4.08. The molecule has 0 bridgehead atoms. The van der Waals surface area contributed by atoms with Crippen LogP contribution in [0.25, 0.3) is 0 Å². The molecular weight excluding hydrogens is 216 g/mol. The van der Waals surface area contributed by atoms with Crippen LogP contribution in [-0.4, -0.2) is 32.9 Å². The Morgan fingerprint density at radius 3 is 2.53 bits per heavy atom. The van der Waals surface area contributed by atoms with Gasteiger partial charge < -0.3 is 4.74 Å². The minimum atomic E-state index is -3.33. The molecule has 1 aliphatic heterocycles. The molecule has 5 nitrogen and oxygen atoms in total. The highest BCUT2D eigenvalue weighted by Crippen LogP contribution is 2.20. The summed E-state index contributed by atoms with van der Waals surface area (Å²) in [5.74, 6) is 0.0668. The maximum absolute atomic E-state index is 11.6. The summed E-state index contributed by atoms with van der Waals surface area (Å²) in [6, 6.07) is 2.06. The zero-order valence-electron chi connectivity index (χ0n) is 8.82. The molecule has 1 fully saturated rings. The molecule has 0 aromatic carbocycles. The number of sulfonamides is 1. The summed E-state index contributed by atoms with van der Waals surface area (Å²) in [4.78, 5) is 0. The standard InChI is InChI=1S/C9H16N2O3S/c1-2-7-15(12,13)11-9(8-10)3-5-14-6-4-9/h11H,2-7H2,1H3. The van der Waals surface area contributed by atoms with Gasteiger partial charge in [-0.2, -0.15) is 9.98 Å². The van der Waals surface area contributed by atoms with Gasteiger partial charge in [-0.3, -0.25) is 0 Å². The molecule has 0 aromatic rings. The Hall–Kier alpha value is -0.640. The first-order chi connectivity index (χ1) is 7.04. The van der Waals surface area contributed by atoms with Crippen LogP contribution in [0.1, 0.15) is 26.2 Å². The molecule has 1 saturated heterocycles. The van der Waals surface area contributed by atoms with Gasteiger partial charge >= 0.3 is 0 Å². The van der Waals surface area contributed by atoms with Gasteiger partial charge in [-0.25, -0.2) is 8.42 Å². The van der Waals surface area contributed by atoms with Crippen molar-refractivity contribution < 1.29 is 13.2 Å². The average Bonchev–Trinajstić information content (AvgIpc) is 2.18. The minimum absolute atomic E-state index is 0.0668. The van der Waals surface area contributed by atoms with Crippen molar-refractivity contribution in [2.75, 3.05) is 19.0 Å². The van der Waals surface area contributed by atoms with Gasteiger partial charge in [-0.1, -0.05) is 6.92 Å². The summed E-state index contributed by atoms with van der Waals surface area (Å²) in [5.41, 5.74) is -0.952. The summed E-state index contributed by atoms with van der Waals surface area (Å²) >= 11 is 0. The van der Waals surface area contributed by atoms with E-state index in [-0.39, 0.29) is 5.75 Å². The summed E-state index contributed by atoms with van der Waals surface area (Å²) in [6.07, 6.45) is 1.40. The van der Waals surface area contributed by atoms with Crippen molar-refractivity contribution in [2.45, 2.75) is 31.7 Å². The van der Waals surface area contributed by atoms with E-state index in [0.717, 1.165) is 0 Å². The maximum Gasteiger partial charge on any atom is 0.212 e. The summed E-state index contributed by atoms with van der Waals surface area (Å²) < 4.78 is 30.7. The molecule has 0 unspecified atom stereocenters. The largest absolute Gasteiger partial charge is 0.381 e. The van der Waals surface area contributed by atoms with Crippen LogP contribution in [0.4, 0.5) is 0 Å². The van der Waals surface area contributed by atoms with Gasteiger partial charge in [0.05, 0.1) is 11.8 Å². The lowest BCUT2D eigenvalue weighted by atomic mass is 9.93. The second-order valence-electron chi connectivity index (χ2n) is 3.73. The minimum Gasteiger partial charge on any atom is -0.381 e. The van der Waals surface area contributed by atoms with Crippen molar-refractivity contribution in [2.24, 2.45) is 0 Å². The Balaban J connectivity index is 2.72. The fourth-order valence-corrected chi connectivity index (χ4v) is 3.06. The van der Waals surface area contributed by atoms with E-state index in [1.165, 1.54) is 0 Å². The summed E-state index contributed by atoms with van der Waals surface area (Å²) in [7, 11) is -3.33. The third-order valence-corrected chi connectivity index (χ3v) is 4.03. The van der Waals surface area contributed by atoms with Crippen LogP contribution in [0, 0.1) is 11.3 Å². The molecule has 0 atom stereocenters. The quantitative estimate of drug-likeness (QED) is 0.760. The maximum atomic E-state index is 11.6. The zero-order valence-corrected chi connectivity index (χ0v) is 9.64. The second kappa shape index (κ2) is 4.92. The summed E-state index contributed by atoms with van der Waals surface area (Å²) in [6.45, 7) is 2.66. The molecule has 0 aromatic heterocycles. The van der Waals surface area contributed by atoms with Gasteiger partial charge in [0.2, 0.25) is 10.0 Å². The van der Waals surface area contributed by atoms with Gasteiger partial charge in [0.25, 0.3) is 0 Å². The molecule has 1 rings (SSSR count). The lowest BCUT2D eigenvalue weighted by molar-refractivity contribution is 0.0651. The van der Waals surface area contributed by atoms with Crippen LogP contribution in [-0.2, 0) is 14.8 Å². The summed E-state index contributed by atoms with van der Waals surface area (Å²) in [5, 5.41) is 9.04. The fraction of sp³-hybridized carbons (Fsp3) is 0.889. The van der Waals surface area contributed by atoms with E-state index >= 15 is 0 Å². The van der Waals surface area contributed by atoms with Crippen molar-refractivity contribution in [3.8, 4) is 6.07 Å². The smallest absolute Gasteiger partial charge is 0.212 e. The van der Waals surface area contributed by atoms with E-state index in [1.807, 2.05) is 0 Å². The number of hydrogen-bond acceptors (Lipinski definition) is 4. The highest BCUT2D eigenvalue weighted by Gasteiger charge is 2.36. The van der Waals surface area contributed by atoms with Crippen LogP contribution in [0.15, 0.2) is 0 Å². The highest BCUT2D eigenvalue weighted by molar-refractivity contribution is 7.89. The Morgan fingerprint density at radius 1 is 1.47 bits per heavy atom. The zero-order chi connectivity index (χ0) is 11.4. The molecule has 15 heavy (non-hydrogen) atoms. The van der Waals surface area contributed by atoms with Gasteiger partial charge in [-0.15, -0.1) is 0 Å². The molecule has 1 heterocycles. The van der Waals surface area contributed by atoms with E-state index in [9.17, 15) is 8.42 Å². The molecule has 0 spiro atoms. The molecular formula is C9H16N2O3S. The van der Waals surface area contributed by atoms with E-state index in [1.54, 1.807) is 6.92 Å². The molecule has 0 amide bonds. The Bertz CT molecular complexity index is 339. The van der Waals surface area contributed by atoms with Crippen molar-refractivity contribution in [1.29, 1.82) is 5.26 Å². The van der Waals surface area contributed by atoms with Crippen molar-refractivity contribution in [3.63, 3.8) is 0 Å². The molecule has 1 N–H and O–H groups in total. The lowest BCUT2D eigenvalue weighted by Crippen LogP contribution is -2.51. The van der Waals surface area contributed by atoms with Gasteiger partial charge in [0.1, 0.15) is 5.54 Å². The normalized spacial score (nSPS) is 20.8. The average molecular weight is 232 g/mol. The first kappa shape index (κ1) is 12.4. The predicted molar refractivity (Wildman–Crippen MR) is 55.6 cm³/mol. The molecule has 86 valence electrons.